The Bertz CT molecular complexity index is 1830. The predicted octanol–water partition coefficient (Wildman–Crippen LogP) is 5.31. The molecule has 0 unspecified atom stereocenters. The van der Waals surface area contributed by atoms with E-state index < -0.39 is 0 Å². The molecule has 188 valence electrons. The van der Waals surface area contributed by atoms with E-state index in [1.54, 1.807) is 0 Å². The summed E-state index contributed by atoms with van der Waals surface area (Å²) in [5, 5.41) is 9.37. The Morgan fingerprint density at radius 1 is 0.895 bits per heavy atom. The molecule has 0 N–H and O–H groups in total. The van der Waals surface area contributed by atoms with Crippen molar-refractivity contribution in [2.45, 2.75) is 26.9 Å². The SMILES string of the molecule is Cc1ccc(-c2nc3s/c(=C/c4cn(-c5ccccc5)nc4-c4ccc(OC(C)C)cc4)c(=O)n3n2)cc1. The number of aromatic nitrogens is 5. The Balaban J connectivity index is 1.44. The number of ether oxygens (including phenoxy) is 1. The summed E-state index contributed by atoms with van der Waals surface area (Å²) in [6, 6.07) is 25.7. The molecule has 0 radical (unpaired) electrons. The fraction of sp³-hybridized carbons (Fsp3) is 0.133. The first kappa shape index (κ1) is 23.8. The molecule has 3 heterocycles. The Morgan fingerprint density at radius 3 is 2.29 bits per heavy atom. The highest BCUT2D eigenvalue weighted by Gasteiger charge is 2.15. The van der Waals surface area contributed by atoms with Crippen molar-refractivity contribution >= 4 is 22.4 Å². The van der Waals surface area contributed by atoms with Crippen LogP contribution in [0.5, 0.6) is 5.75 Å². The van der Waals surface area contributed by atoms with Crippen molar-refractivity contribution in [1.82, 2.24) is 24.4 Å². The lowest BCUT2D eigenvalue weighted by Crippen LogP contribution is -2.23. The number of thiazole rings is 1. The van der Waals surface area contributed by atoms with Gasteiger partial charge in [-0.05, 0) is 63.2 Å². The summed E-state index contributed by atoms with van der Waals surface area (Å²) in [6.07, 6.45) is 3.90. The first-order valence-electron chi connectivity index (χ1n) is 12.3. The molecular formula is C30H25N5O2S. The predicted molar refractivity (Wildman–Crippen MR) is 151 cm³/mol. The maximum Gasteiger partial charge on any atom is 0.291 e. The number of hydrogen-bond donors (Lipinski definition) is 0. The molecular weight excluding hydrogens is 494 g/mol. The number of benzene rings is 3. The van der Waals surface area contributed by atoms with Crippen LogP contribution in [0, 0.1) is 6.92 Å². The molecule has 0 bridgehead atoms. The minimum Gasteiger partial charge on any atom is -0.491 e. The zero-order valence-electron chi connectivity index (χ0n) is 21.2. The molecule has 3 aromatic heterocycles. The van der Waals surface area contributed by atoms with Crippen molar-refractivity contribution in [1.29, 1.82) is 0 Å². The summed E-state index contributed by atoms with van der Waals surface area (Å²) < 4.78 is 9.56. The van der Waals surface area contributed by atoms with Crippen molar-refractivity contribution in [3.05, 3.63) is 111 Å². The van der Waals surface area contributed by atoms with E-state index in [1.807, 2.05) is 117 Å². The van der Waals surface area contributed by atoms with Gasteiger partial charge < -0.3 is 4.74 Å². The van der Waals surface area contributed by atoms with Gasteiger partial charge in [0, 0.05) is 22.9 Å². The van der Waals surface area contributed by atoms with Crippen LogP contribution in [-0.2, 0) is 0 Å². The van der Waals surface area contributed by atoms with Crippen LogP contribution < -0.4 is 14.8 Å². The fourth-order valence-corrected chi connectivity index (χ4v) is 5.09. The van der Waals surface area contributed by atoms with Crippen LogP contribution >= 0.6 is 11.3 Å². The van der Waals surface area contributed by atoms with Gasteiger partial charge in [0.05, 0.1) is 16.3 Å². The van der Waals surface area contributed by atoms with Crippen LogP contribution in [-0.4, -0.2) is 30.5 Å². The van der Waals surface area contributed by atoms with E-state index in [0.717, 1.165) is 39.4 Å². The van der Waals surface area contributed by atoms with Crippen molar-refractivity contribution < 1.29 is 4.74 Å². The van der Waals surface area contributed by atoms with Crippen LogP contribution in [0.2, 0.25) is 0 Å². The van der Waals surface area contributed by atoms with Gasteiger partial charge in [-0.15, -0.1) is 5.10 Å². The molecule has 38 heavy (non-hydrogen) atoms. The molecule has 8 heteroatoms. The number of hydrogen-bond acceptors (Lipinski definition) is 6. The molecule has 0 aliphatic carbocycles. The van der Waals surface area contributed by atoms with E-state index in [4.69, 9.17) is 9.84 Å². The Hall–Kier alpha value is -4.56. The highest BCUT2D eigenvalue weighted by Crippen LogP contribution is 2.27. The van der Waals surface area contributed by atoms with Gasteiger partial charge in [0.25, 0.3) is 5.56 Å². The lowest BCUT2D eigenvalue weighted by molar-refractivity contribution is 0.242. The van der Waals surface area contributed by atoms with Crippen molar-refractivity contribution in [3.63, 3.8) is 0 Å². The van der Waals surface area contributed by atoms with Crippen LogP contribution in [0.3, 0.4) is 0 Å². The summed E-state index contributed by atoms with van der Waals surface area (Å²) in [6.45, 7) is 6.03. The van der Waals surface area contributed by atoms with Gasteiger partial charge in [0.2, 0.25) is 4.96 Å². The maximum absolute atomic E-state index is 13.3. The van der Waals surface area contributed by atoms with Crippen LogP contribution in [0.4, 0.5) is 0 Å². The highest BCUT2D eigenvalue weighted by molar-refractivity contribution is 7.15. The Morgan fingerprint density at radius 2 is 1.61 bits per heavy atom. The molecule has 0 aliphatic rings. The third-order valence-electron chi connectivity index (χ3n) is 6.04. The summed E-state index contributed by atoms with van der Waals surface area (Å²) in [5.41, 5.74) is 5.29. The quantitative estimate of drug-likeness (QED) is 0.298. The van der Waals surface area contributed by atoms with Gasteiger partial charge in [-0.3, -0.25) is 4.79 Å². The third-order valence-corrected chi connectivity index (χ3v) is 7.00. The Labute approximate surface area is 223 Å². The van der Waals surface area contributed by atoms with E-state index >= 15 is 0 Å². The molecule has 0 saturated carbocycles. The molecule has 6 aromatic rings. The van der Waals surface area contributed by atoms with Crippen LogP contribution in [0.25, 0.3) is 39.4 Å². The third kappa shape index (κ3) is 4.62. The lowest BCUT2D eigenvalue weighted by atomic mass is 10.1. The lowest BCUT2D eigenvalue weighted by Gasteiger charge is -2.09. The normalized spacial score (nSPS) is 12.1. The first-order valence-corrected chi connectivity index (χ1v) is 13.2. The topological polar surface area (TPSA) is 74.3 Å². The summed E-state index contributed by atoms with van der Waals surface area (Å²) in [7, 11) is 0. The van der Waals surface area contributed by atoms with Crippen LogP contribution in [0.1, 0.15) is 25.0 Å². The number of rotatable bonds is 6. The molecule has 0 spiro atoms. The van der Waals surface area contributed by atoms with E-state index in [0.29, 0.717) is 15.3 Å². The van der Waals surface area contributed by atoms with Crippen molar-refractivity contribution in [2.75, 3.05) is 0 Å². The van der Waals surface area contributed by atoms with Gasteiger partial charge >= 0.3 is 0 Å². The first-order chi connectivity index (χ1) is 18.4. The number of nitrogens with zero attached hydrogens (tertiary/aromatic N) is 5. The van der Waals surface area contributed by atoms with Gasteiger partial charge in [0.1, 0.15) is 11.4 Å². The van der Waals surface area contributed by atoms with E-state index in [2.05, 4.69) is 10.1 Å². The second-order valence-corrected chi connectivity index (χ2v) is 10.3. The van der Waals surface area contributed by atoms with Crippen LogP contribution in [0.15, 0.2) is 89.9 Å². The summed E-state index contributed by atoms with van der Waals surface area (Å²) in [4.78, 5) is 18.5. The monoisotopic (exact) mass is 519 g/mol. The van der Waals surface area contributed by atoms with Gasteiger partial charge in [-0.2, -0.15) is 14.6 Å². The molecule has 0 saturated heterocycles. The molecule has 0 amide bonds. The molecule has 0 aliphatic heterocycles. The molecule has 0 fully saturated rings. The maximum atomic E-state index is 13.3. The Kier molecular flexibility index (Phi) is 6.09. The fourth-order valence-electron chi connectivity index (χ4n) is 4.19. The summed E-state index contributed by atoms with van der Waals surface area (Å²) in [5.74, 6) is 1.34. The zero-order valence-corrected chi connectivity index (χ0v) is 22.0. The number of para-hydroxylation sites is 1. The van der Waals surface area contributed by atoms with Gasteiger partial charge in [-0.25, -0.2) is 4.68 Å². The highest BCUT2D eigenvalue weighted by atomic mass is 32.1. The largest absolute Gasteiger partial charge is 0.491 e. The second-order valence-electron chi connectivity index (χ2n) is 9.32. The van der Waals surface area contributed by atoms with E-state index in [9.17, 15) is 4.79 Å². The molecule has 6 rings (SSSR count). The number of fused-ring (bicyclic) bond motifs is 1. The van der Waals surface area contributed by atoms with Gasteiger partial charge in [-0.1, -0.05) is 59.4 Å². The van der Waals surface area contributed by atoms with Crippen molar-refractivity contribution in [3.8, 4) is 34.1 Å². The minimum atomic E-state index is -0.199. The smallest absolute Gasteiger partial charge is 0.291 e. The summed E-state index contributed by atoms with van der Waals surface area (Å²) >= 11 is 1.32. The molecule has 0 atom stereocenters. The molecule has 7 nitrogen and oxygen atoms in total. The molecule has 3 aromatic carbocycles. The standard InChI is InChI=1S/C30H25N5O2S/c1-19(2)37-25-15-13-21(14-16-25)27-23(18-34(32-27)24-7-5-4-6-8-24)17-26-29(36)35-30(38-26)31-28(33-35)22-11-9-20(3)10-12-22/h4-19H,1-3H3/b26-17+. The average Bonchev–Trinajstić information content (AvgIpc) is 3.60. The number of aryl methyl sites for hydroxylation is 1. The second kappa shape index (κ2) is 9.72. The van der Waals surface area contributed by atoms with E-state index in [1.165, 1.54) is 15.9 Å². The average molecular weight is 520 g/mol. The van der Waals surface area contributed by atoms with Gasteiger partial charge in [0.15, 0.2) is 5.82 Å². The zero-order chi connectivity index (χ0) is 26.2. The van der Waals surface area contributed by atoms with Crippen molar-refractivity contribution in [2.24, 2.45) is 0 Å². The van der Waals surface area contributed by atoms with E-state index in [-0.39, 0.29) is 11.7 Å². The minimum absolute atomic E-state index is 0.0929.